The topological polar surface area (TPSA) is 79.3 Å². The van der Waals surface area contributed by atoms with Gasteiger partial charge in [0.05, 0.1) is 5.69 Å². The summed E-state index contributed by atoms with van der Waals surface area (Å²) in [5.74, 6) is -1.16. The number of nitrogens with zero attached hydrogens (tertiary/aromatic N) is 5. The molecule has 0 atom stereocenters. The van der Waals surface area contributed by atoms with Crippen molar-refractivity contribution < 1.29 is 17.2 Å². The fourth-order valence-corrected chi connectivity index (χ4v) is 4.61. The number of benzene rings is 1. The average molecular weight is 417 g/mol. The summed E-state index contributed by atoms with van der Waals surface area (Å²) in [7, 11) is -4.12. The Balaban J connectivity index is 1.46. The number of hydrogen-bond acceptors (Lipinski definition) is 6. The lowest BCUT2D eigenvalue weighted by molar-refractivity contribution is 0.380. The number of rotatable bonds is 4. The van der Waals surface area contributed by atoms with Crippen molar-refractivity contribution in [1.29, 1.82) is 0 Å². The van der Waals surface area contributed by atoms with Crippen LogP contribution >= 0.6 is 0 Å². The first-order valence-corrected chi connectivity index (χ1v) is 10.3. The van der Waals surface area contributed by atoms with Crippen molar-refractivity contribution in [3.05, 3.63) is 66.4 Å². The number of sulfonamides is 1. The van der Waals surface area contributed by atoms with E-state index in [0.29, 0.717) is 36.4 Å². The van der Waals surface area contributed by atoms with Gasteiger partial charge in [0.15, 0.2) is 5.82 Å². The SMILES string of the molecule is O=S(=O)(c1cc(F)ccc1F)N1CCN(c2ccc(-c3ccccn3)nn2)CC1. The second kappa shape index (κ2) is 7.80. The van der Waals surface area contributed by atoms with Crippen LogP contribution in [0.4, 0.5) is 14.6 Å². The lowest BCUT2D eigenvalue weighted by Crippen LogP contribution is -2.49. The Hall–Kier alpha value is -2.98. The predicted molar refractivity (Wildman–Crippen MR) is 103 cm³/mol. The van der Waals surface area contributed by atoms with Gasteiger partial charge < -0.3 is 4.90 Å². The Labute approximate surface area is 166 Å². The minimum absolute atomic E-state index is 0.127. The Morgan fingerprint density at radius 2 is 1.66 bits per heavy atom. The average Bonchev–Trinajstić information content (AvgIpc) is 2.76. The van der Waals surface area contributed by atoms with Crippen molar-refractivity contribution in [2.45, 2.75) is 4.90 Å². The molecule has 3 heterocycles. The second-order valence-corrected chi connectivity index (χ2v) is 8.36. The second-order valence-electron chi connectivity index (χ2n) is 6.46. The van der Waals surface area contributed by atoms with E-state index in [-0.39, 0.29) is 13.1 Å². The van der Waals surface area contributed by atoms with E-state index in [1.165, 1.54) is 0 Å². The van der Waals surface area contributed by atoms with Gasteiger partial charge in [0, 0.05) is 32.4 Å². The van der Waals surface area contributed by atoms with E-state index in [9.17, 15) is 17.2 Å². The molecule has 0 saturated carbocycles. The smallest absolute Gasteiger partial charge is 0.246 e. The first-order valence-electron chi connectivity index (χ1n) is 8.90. The third kappa shape index (κ3) is 3.94. The van der Waals surface area contributed by atoms with Crippen LogP contribution in [-0.4, -0.2) is 54.1 Å². The van der Waals surface area contributed by atoms with Gasteiger partial charge in [-0.05, 0) is 42.5 Å². The van der Waals surface area contributed by atoms with Gasteiger partial charge in [0.25, 0.3) is 0 Å². The van der Waals surface area contributed by atoms with Gasteiger partial charge in [-0.25, -0.2) is 17.2 Å². The summed E-state index contributed by atoms with van der Waals surface area (Å²) in [6, 6.07) is 11.5. The number of halogens is 2. The van der Waals surface area contributed by atoms with E-state index in [0.717, 1.165) is 16.4 Å². The Bertz CT molecular complexity index is 1100. The first kappa shape index (κ1) is 19.3. The number of piperazine rings is 1. The van der Waals surface area contributed by atoms with Gasteiger partial charge in [0.1, 0.15) is 22.2 Å². The quantitative estimate of drug-likeness (QED) is 0.648. The highest BCUT2D eigenvalue weighted by molar-refractivity contribution is 7.89. The summed E-state index contributed by atoms with van der Waals surface area (Å²) in [6.45, 7) is 0.964. The standard InChI is InChI=1S/C19H17F2N5O2S/c20-14-4-5-15(21)18(13-14)29(27,28)26-11-9-25(10-12-26)19-7-6-17(23-24-19)16-3-1-2-8-22-16/h1-8,13H,9-12H2. The molecule has 0 spiro atoms. The normalized spacial score (nSPS) is 15.4. The van der Waals surface area contributed by atoms with Crippen molar-refractivity contribution in [1.82, 2.24) is 19.5 Å². The molecule has 1 saturated heterocycles. The molecule has 3 aromatic rings. The zero-order valence-corrected chi connectivity index (χ0v) is 16.1. The van der Waals surface area contributed by atoms with Crippen LogP contribution in [0.1, 0.15) is 0 Å². The summed E-state index contributed by atoms with van der Waals surface area (Å²) in [5, 5.41) is 8.39. The van der Waals surface area contributed by atoms with E-state index in [2.05, 4.69) is 15.2 Å². The number of anilines is 1. The van der Waals surface area contributed by atoms with E-state index < -0.39 is 26.6 Å². The minimum Gasteiger partial charge on any atom is -0.352 e. The van der Waals surface area contributed by atoms with Crippen molar-refractivity contribution in [3.8, 4) is 11.4 Å². The van der Waals surface area contributed by atoms with Gasteiger partial charge in [-0.1, -0.05) is 6.07 Å². The van der Waals surface area contributed by atoms with Crippen LogP contribution in [0.3, 0.4) is 0 Å². The fraction of sp³-hybridized carbons (Fsp3) is 0.211. The molecule has 1 aliphatic heterocycles. The van der Waals surface area contributed by atoms with Crippen molar-refractivity contribution in [3.63, 3.8) is 0 Å². The van der Waals surface area contributed by atoms with Crippen LogP contribution in [0.5, 0.6) is 0 Å². The number of hydrogen-bond donors (Lipinski definition) is 0. The van der Waals surface area contributed by atoms with Crippen molar-refractivity contribution in [2.75, 3.05) is 31.1 Å². The van der Waals surface area contributed by atoms with Gasteiger partial charge in [0.2, 0.25) is 10.0 Å². The maximum Gasteiger partial charge on any atom is 0.246 e. The molecule has 0 aliphatic carbocycles. The van der Waals surface area contributed by atoms with Crippen molar-refractivity contribution in [2.24, 2.45) is 0 Å². The zero-order valence-electron chi connectivity index (χ0n) is 15.2. The molecule has 0 radical (unpaired) electrons. The Morgan fingerprint density at radius 1 is 0.862 bits per heavy atom. The summed E-state index contributed by atoms with van der Waals surface area (Å²) in [5.41, 5.74) is 1.34. The van der Waals surface area contributed by atoms with E-state index >= 15 is 0 Å². The number of aromatic nitrogens is 3. The predicted octanol–water partition coefficient (Wildman–Crippen LogP) is 2.33. The maximum absolute atomic E-state index is 13.9. The molecule has 29 heavy (non-hydrogen) atoms. The molecule has 10 heteroatoms. The monoisotopic (exact) mass is 417 g/mol. The molecule has 0 unspecified atom stereocenters. The van der Waals surface area contributed by atoms with E-state index in [4.69, 9.17) is 0 Å². The highest BCUT2D eigenvalue weighted by atomic mass is 32.2. The maximum atomic E-state index is 13.9. The largest absolute Gasteiger partial charge is 0.352 e. The minimum atomic E-state index is -4.12. The molecule has 1 fully saturated rings. The van der Waals surface area contributed by atoms with E-state index in [1.807, 2.05) is 23.1 Å². The van der Waals surface area contributed by atoms with Crippen LogP contribution in [0, 0.1) is 11.6 Å². The van der Waals surface area contributed by atoms with Crippen LogP contribution in [0.2, 0.25) is 0 Å². The molecule has 0 bridgehead atoms. The summed E-state index contributed by atoms with van der Waals surface area (Å²) < 4.78 is 53.8. The lowest BCUT2D eigenvalue weighted by atomic mass is 10.2. The van der Waals surface area contributed by atoms with Crippen LogP contribution in [0.15, 0.2) is 59.6 Å². The molecule has 0 amide bonds. The molecule has 1 aliphatic rings. The summed E-state index contributed by atoms with van der Waals surface area (Å²) >= 11 is 0. The molecule has 1 aromatic carbocycles. The third-order valence-electron chi connectivity index (χ3n) is 4.65. The van der Waals surface area contributed by atoms with Gasteiger partial charge in [-0.3, -0.25) is 4.98 Å². The molecular formula is C19H17F2N5O2S. The first-order chi connectivity index (χ1) is 13.9. The van der Waals surface area contributed by atoms with Crippen LogP contribution in [0.25, 0.3) is 11.4 Å². The van der Waals surface area contributed by atoms with Gasteiger partial charge in [-0.15, -0.1) is 10.2 Å². The van der Waals surface area contributed by atoms with Crippen molar-refractivity contribution >= 4 is 15.8 Å². The third-order valence-corrected chi connectivity index (χ3v) is 6.57. The summed E-state index contributed by atoms with van der Waals surface area (Å²) in [6.07, 6.45) is 1.67. The molecule has 4 rings (SSSR count). The van der Waals surface area contributed by atoms with Crippen LogP contribution in [-0.2, 0) is 10.0 Å². The highest BCUT2D eigenvalue weighted by Crippen LogP contribution is 2.23. The highest BCUT2D eigenvalue weighted by Gasteiger charge is 2.31. The zero-order chi connectivity index (χ0) is 20.4. The van der Waals surface area contributed by atoms with Gasteiger partial charge in [-0.2, -0.15) is 4.31 Å². The lowest BCUT2D eigenvalue weighted by Gasteiger charge is -2.34. The summed E-state index contributed by atoms with van der Waals surface area (Å²) in [4.78, 5) is 5.47. The van der Waals surface area contributed by atoms with E-state index in [1.54, 1.807) is 18.3 Å². The van der Waals surface area contributed by atoms with Gasteiger partial charge >= 0.3 is 0 Å². The Morgan fingerprint density at radius 3 is 2.31 bits per heavy atom. The number of pyridine rings is 1. The molecule has 150 valence electrons. The fourth-order valence-electron chi connectivity index (χ4n) is 3.12. The molecule has 2 aromatic heterocycles. The molecular weight excluding hydrogens is 400 g/mol. The molecule has 0 N–H and O–H groups in total. The molecule has 7 nitrogen and oxygen atoms in total. The Kier molecular flexibility index (Phi) is 5.20. The van der Waals surface area contributed by atoms with Crippen LogP contribution < -0.4 is 4.90 Å².